The number of piperidine rings is 1. The lowest BCUT2D eigenvalue weighted by molar-refractivity contribution is -0.115. The van der Waals surface area contributed by atoms with Crippen LogP contribution >= 0.6 is 0 Å². The number of likely N-dealkylation sites (tertiary alicyclic amines) is 1. The third kappa shape index (κ3) is 5.86. The van der Waals surface area contributed by atoms with Gasteiger partial charge in [-0.15, -0.1) is 0 Å². The standard InChI is InChI=1S/C27H35N3O2/c1-5-22-19-23(18-20(3)26(22)28-25(31)6-2)27(32)30-16-13-24(14-17-30)29(4)15-12-21-10-8-7-9-11-21/h5,7-11,18-19,24H,1,6,12-17H2,2-4H3,(H,28,31). The molecule has 5 nitrogen and oxygen atoms in total. The molecule has 1 saturated heterocycles. The van der Waals surface area contributed by atoms with Crippen molar-refractivity contribution < 1.29 is 9.59 Å². The first kappa shape index (κ1) is 23.7. The van der Waals surface area contributed by atoms with Gasteiger partial charge in [-0.3, -0.25) is 9.59 Å². The largest absolute Gasteiger partial charge is 0.339 e. The van der Waals surface area contributed by atoms with Gasteiger partial charge in [-0.05, 0) is 62.1 Å². The second-order valence-corrected chi connectivity index (χ2v) is 8.60. The Bertz CT molecular complexity index is 947. The van der Waals surface area contributed by atoms with Crippen molar-refractivity contribution >= 4 is 23.6 Å². The van der Waals surface area contributed by atoms with Gasteiger partial charge in [0.25, 0.3) is 5.91 Å². The number of nitrogens with zero attached hydrogens (tertiary/aromatic N) is 2. The topological polar surface area (TPSA) is 52.7 Å². The van der Waals surface area contributed by atoms with Crippen LogP contribution in [0.4, 0.5) is 5.69 Å². The monoisotopic (exact) mass is 433 g/mol. The maximum absolute atomic E-state index is 13.2. The molecule has 1 aliphatic rings. The number of rotatable bonds is 8. The number of nitrogens with one attached hydrogen (secondary N) is 1. The molecular formula is C27H35N3O2. The minimum Gasteiger partial charge on any atom is -0.339 e. The Morgan fingerprint density at radius 3 is 2.50 bits per heavy atom. The smallest absolute Gasteiger partial charge is 0.253 e. The fraction of sp³-hybridized carbons (Fsp3) is 0.407. The summed E-state index contributed by atoms with van der Waals surface area (Å²) < 4.78 is 0. The van der Waals surface area contributed by atoms with E-state index in [0.717, 1.165) is 55.7 Å². The average molecular weight is 434 g/mol. The fourth-order valence-electron chi connectivity index (χ4n) is 4.32. The highest BCUT2D eigenvalue weighted by atomic mass is 16.2. The third-order valence-electron chi connectivity index (χ3n) is 6.39. The molecule has 0 bridgehead atoms. The van der Waals surface area contributed by atoms with Crippen LogP contribution in [0.2, 0.25) is 0 Å². The quantitative estimate of drug-likeness (QED) is 0.653. The van der Waals surface area contributed by atoms with Crippen LogP contribution in [0.5, 0.6) is 0 Å². The zero-order valence-corrected chi connectivity index (χ0v) is 19.6. The van der Waals surface area contributed by atoms with Crippen LogP contribution in [0.25, 0.3) is 6.08 Å². The van der Waals surface area contributed by atoms with Gasteiger partial charge in [-0.1, -0.05) is 49.9 Å². The van der Waals surface area contributed by atoms with E-state index in [9.17, 15) is 9.59 Å². The van der Waals surface area contributed by atoms with E-state index < -0.39 is 0 Å². The van der Waals surface area contributed by atoms with E-state index in [0.29, 0.717) is 18.0 Å². The lowest BCUT2D eigenvalue weighted by Crippen LogP contribution is -2.46. The molecular weight excluding hydrogens is 398 g/mol. The van der Waals surface area contributed by atoms with E-state index in [1.54, 1.807) is 6.08 Å². The molecule has 32 heavy (non-hydrogen) atoms. The molecule has 170 valence electrons. The van der Waals surface area contributed by atoms with Crippen molar-refractivity contribution in [2.45, 2.75) is 45.6 Å². The highest BCUT2D eigenvalue weighted by Gasteiger charge is 2.26. The van der Waals surface area contributed by atoms with E-state index in [-0.39, 0.29) is 11.8 Å². The van der Waals surface area contributed by atoms with Gasteiger partial charge >= 0.3 is 0 Å². The molecule has 0 saturated carbocycles. The van der Waals surface area contributed by atoms with Gasteiger partial charge in [-0.2, -0.15) is 0 Å². The van der Waals surface area contributed by atoms with E-state index in [2.05, 4.69) is 48.1 Å². The van der Waals surface area contributed by atoms with Crippen molar-refractivity contribution in [1.82, 2.24) is 9.80 Å². The molecule has 0 unspecified atom stereocenters. The van der Waals surface area contributed by atoms with Crippen LogP contribution < -0.4 is 5.32 Å². The van der Waals surface area contributed by atoms with Crippen LogP contribution in [0.1, 0.15) is 53.2 Å². The van der Waals surface area contributed by atoms with Gasteiger partial charge in [0.1, 0.15) is 0 Å². The van der Waals surface area contributed by atoms with Crippen molar-refractivity contribution in [2.24, 2.45) is 0 Å². The highest BCUT2D eigenvalue weighted by Crippen LogP contribution is 2.26. The minimum absolute atomic E-state index is 0.0475. The zero-order chi connectivity index (χ0) is 23.1. The van der Waals surface area contributed by atoms with Gasteiger partial charge in [0.05, 0.1) is 5.69 Å². The predicted molar refractivity (Wildman–Crippen MR) is 132 cm³/mol. The van der Waals surface area contributed by atoms with Gasteiger partial charge in [0, 0.05) is 37.7 Å². The fourth-order valence-corrected chi connectivity index (χ4v) is 4.32. The Morgan fingerprint density at radius 2 is 1.88 bits per heavy atom. The van der Waals surface area contributed by atoms with Gasteiger partial charge in [-0.25, -0.2) is 0 Å². The second-order valence-electron chi connectivity index (χ2n) is 8.60. The maximum atomic E-state index is 13.2. The molecule has 5 heteroatoms. The lowest BCUT2D eigenvalue weighted by atomic mass is 9.99. The number of anilines is 1. The molecule has 2 aromatic carbocycles. The molecule has 1 N–H and O–H groups in total. The van der Waals surface area contributed by atoms with Crippen LogP contribution in [0.15, 0.2) is 49.0 Å². The van der Waals surface area contributed by atoms with Crippen molar-refractivity contribution in [3.63, 3.8) is 0 Å². The van der Waals surface area contributed by atoms with Crippen LogP contribution in [-0.2, 0) is 11.2 Å². The summed E-state index contributed by atoms with van der Waals surface area (Å²) in [4.78, 5) is 29.4. The molecule has 1 heterocycles. The SMILES string of the molecule is C=Cc1cc(C(=O)N2CCC(N(C)CCc3ccccc3)CC2)cc(C)c1NC(=O)CC. The number of hydrogen-bond acceptors (Lipinski definition) is 3. The number of hydrogen-bond donors (Lipinski definition) is 1. The second kappa shape index (κ2) is 11.1. The maximum Gasteiger partial charge on any atom is 0.253 e. The summed E-state index contributed by atoms with van der Waals surface area (Å²) in [6.07, 6.45) is 5.11. The Morgan fingerprint density at radius 1 is 1.19 bits per heavy atom. The number of carbonyl (C=O) groups is 2. The first-order chi connectivity index (χ1) is 15.4. The summed E-state index contributed by atoms with van der Waals surface area (Å²) in [6.45, 7) is 10.1. The van der Waals surface area contributed by atoms with E-state index in [1.807, 2.05) is 36.9 Å². The number of aryl methyl sites for hydroxylation is 1. The van der Waals surface area contributed by atoms with E-state index in [1.165, 1.54) is 5.56 Å². The number of amides is 2. The molecule has 0 aromatic heterocycles. The molecule has 0 aliphatic carbocycles. The van der Waals surface area contributed by atoms with Crippen LogP contribution in [0, 0.1) is 6.92 Å². The average Bonchev–Trinajstić information content (AvgIpc) is 2.83. The Hall–Kier alpha value is -2.92. The van der Waals surface area contributed by atoms with Crippen molar-refractivity contribution in [3.05, 3.63) is 71.3 Å². The van der Waals surface area contributed by atoms with E-state index in [4.69, 9.17) is 0 Å². The summed E-state index contributed by atoms with van der Waals surface area (Å²) in [5, 5.41) is 2.93. The normalized spacial score (nSPS) is 14.4. The first-order valence-corrected chi connectivity index (χ1v) is 11.5. The summed E-state index contributed by atoms with van der Waals surface area (Å²) in [5.41, 5.74) is 4.41. The number of benzene rings is 2. The Labute approximate surface area is 192 Å². The first-order valence-electron chi connectivity index (χ1n) is 11.5. The number of likely N-dealkylation sites (N-methyl/N-ethyl adjacent to an activating group) is 1. The van der Waals surface area contributed by atoms with Gasteiger partial charge in [0.15, 0.2) is 0 Å². The minimum atomic E-state index is -0.0475. The molecule has 0 atom stereocenters. The van der Waals surface area contributed by atoms with Crippen molar-refractivity contribution in [2.75, 3.05) is 32.0 Å². The molecule has 0 radical (unpaired) electrons. The van der Waals surface area contributed by atoms with Crippen LogP contribution in [-0.4, -0.2) is 54.3 Å². The summed E-state index contributed by atoms with van der Waals surface area (Å²) in [7, 11) is 2.19. The molecule has 3 rings (SSSR count). The summed E-state index contributed by atoms with van der Waals surface area (Å²) in [5.74, 6) is 0.00342. The van der Waals surface area contributed by atoms with Gasteiger partial charge < -0.3 is 15.1 Å². The Balaban J connectivity index is 1.59. The summed E-state index contributed by atoms with van der Waals surface area (Å²) >= 11 is 0. The Kier molecular flexibility index (Phi) is 8.23. The van der Waals surface area contributed by atoms with Crippen LogP contribution in [0.3, 0.4) is 0 Å². The lowest BCUT2D eigenvalue weighted by Gasteiger charge is -2.37. The highest BCUT2D eigenvalue weighted by molar-refractivity contribution is 5.98. The zero-order valence-electron chi connectivity index (χ0n) is 19.6. The predicted octanol–water partition coefficient (Wildman–Crippen LogP) is 4.77. The summed E-state index contributed by atoms with van der Waals surface area (Å²) in [6, 6.07) is 14.8. The molecule has 0 spiro atoms. The molecule has 1 fully saturated rings. The van der Waals surface area contributed by atoms with E-state index >= 15 is 0 Å². The van der Waals surface area contributed by atoms with Crippen molar-refractivity contribution in [3.8, 4) is 0 Å². The molecule has 1 aliphatic heterocycles. The van der Waals surface area contributed by atoms with Gasteiger partial charge in [0.2, 0.25) is 5.91 Å². The van der Waals surface area contributed by atoms with Crippen molar-refractivity contribution in [1.29, 1.82) is 0 Å². The third-order valence-corrected chi connectivity index (χ3v) is 6.39. The molecule has 2 aromatic rings. The number of carbonyl (C=O) groups excluding carboxylic acids is 2. The molecule has 2 amide bonds.